The summed E-state index contributed by atoms with van der Waals surface area (Å²) >= 11 is 0. The van der Waals surface area contributed by atoms with Crippen LogP contribution in [0.5, 0.6) is 5.75 Å². The summed E-state index contributed by atoms with van der Waals surface area (Å²) in [6.45, 7) is 3.87. The third kappa shape index (κ3) is 5.35. The highest BCUT2D eigenvalue weighted by molar-refractivity contribution is 6.05. The van der Waals surface area contributed by atoms with Gasteiger partial charge in [0, 0.05) is 12.1 Å². The number of methoxy groups -OCH3 is 1. The summed E-state index contributed by atoms with van der Waals surface area (Å²) in [6, 6.07) is 15.9. The van der Waals surface area contributed by atoms with Gasteiger partial charge in [-0.2, -0.15) is 0 Å². The Kier molecular flexibility index (Phi) is 6.54. The molecule has 0 spiro atoms. The van der Waals surface area contributed by atoms with Crippen LogP contribution in [-0.2, 0) is 4.79 Å². The van der Waals surface area contributed by atoms with Gasteiger partial charge >= 0.3 is 0 Å². The maximum absolute atomic E-state index is 12.4. The van der Waals surface area contributed by atoms with Crippen molar-refractivity contribution in [2.45, 2.75) is 0 Å². The molecule has 0 aliphatic carbocycles. The van der Waals surface area contributed by atoms with Gasteiger partial charge < -0.3 is 15.4 Å². The molecular formula is C20H20N2O3. The Morgan fingerprint density at radius 1 is 1.08 bits per heavy atom. The van der Waals surface area contributed by atoms with Crippen molar-refractivity contribution in [2.75, 3.05) is 13.7 Å². The van der Waals surface area contributed by atoms with E-state index in [0.29, 0.717) is 17.9 Å². The molecule has 25 heavy (non-hydrogen) atoms. The van der Waals surface area contributed by atoms with E-state index >= 15 is 0 Å². The Morgan fingerprint density at radius 2 is 1.76 bits per heavy atom. The van der Waals surface area contributed by atoms with E-state index in [1.54, 1.807) is 67.8 Å². The van der Waals surface area contributed by atoms with Gasteiger partial charge in [0.2, 0.25) is 0 Å². The molecule has 0 aliphatic heterocycles. The molecule has 0 aliphatic rings. The quantitative estimate of drug-likeness (QED) is 0.603. The number of amides is 2. The maximum atomic E-state index is 12.4. The average Bonchev–Trinajstić information content (AvgIpc) is 2.66. The highest BCUT2D eigenvalue weighted by atomic mass is 16.5. The Hall–Kier alpha value is -3.34. The summed E-state index contributed by atoms with van der Waals surface area (Å²) < 4.78 is 5.12. The summed E-state index contributed by atoms with van der Waals surface area (Å²) in [5, 5.41) is 5.33. The topological polar surface area (TPSA) is 67.4 Å². The molecule has 2 amide bonds. The van der Waals surface area contributed by atoms with Crippen LogP contribution in [0.25, 0.3) is 6.08 Å². The monoisotopic (exact) mass is 336 g/mol. The molecular weight excluding hydrogens is 316 g/mol. The SMILES string of the molecule is C=CCNC(=O)C(=Cc1ccc(OC)cc1)NC(=O)c1ccccc1. The van der Waals surface area contributed by atoms with Crippen molar-refractivity contribution in [3.8, 4) is 5.75 Å². The second-order valence-corrected chi connectivity index (χ2v) is 5.15. The van der Waals surface area contributed by atoms with Gasteiger partial charge in [-0.3, -0.25) is 9.59 Å². The lowest BCUT2D eigenvalue weighted by Gasteiger charge is -2.10. The normalized spacial score (nSPS) is 10.7. The van der Waals surface area contributed by atoms with Gasteiger partial charge in [-0.25, -0.2) is 0 Å². The molecule has 128 valence electrons. The lowest BCUT2D eigenvalue weighted by atomic mass is 10.1. The van der Waals surface area contributed by atoms with Crippen molar-refractivity contribution in [3.05, 3.63) is 84.1 Å². The molecule has 0 saturated heterocycles. The van der Waals surface area contributed by atoms with Gasteiger partial charge in [0.15, 0.2) is 0 Å². The average molecular weight is 336 g/mol. The summed E-state index contributed by atoms with van der Waals surface area (Å²) in [5.74, 6) is -0.0303. The number of hydrogen-bond donors (Lipinski definition) is 2. The molecule has 0 bridgehead atoms. The molecule has 0 saturated carbocycles. The van der Waals surface area contributed by atoms with Crippen LogP contribution in [0.3, 0.4) is 0 Å². The molecule has 5 heteroatoms. The molecule has 2 N–H and O–H groups in total. The lowest BCUT2D eigenvalue weighted by molar-refractivity contribution is -0.117. The van der Waals surface area contributed by atoms with E-state index in [1.165, 1.54) is 0 Å². The van der Waals surface area contributed by atoms with Crippen LogP contribution < -0.4 is 15.4 Å². The molecule has 0 fully saturated rings. The molecule has 0 unspecified atom stereocenters. The van der Waals surface area contributed by atoms with E-state index in [0.717, 1.165) is 5.56 Å². The number of ether oxygens (including phenoxy) is 1. The first-order valence-electron chi connectivity index (χ1n) is 7.75. The molecule has 2 aromatic carbocycles. The van der Waals surface area contributed by atoms with Gasteiger partial charge in [0.1, 0.15) is 11.4 Å². The van der Waals surface area contributed by atoms with Gasteiger partial charge in [0.25, 0.3) is 11.8 Å². The minimum atomic E-state index is -0.389. The predicted octanol–water partition coefficient (Wildman–Crippen LogP) is 2.77. The largest absolute Gasteiger partial charge is 0.497 e. The van der Waals surface area contributed by atoms with E-state index in [-0.39, 0.29) is 17.5 Å². The van der Waals surface area contributed by atoms with Crippen LogP contribution in [0.4, 0.5) is 0 Å². The minimum Gasteiger partial charge on any atom is -0.497 e. The molecule has 2 rings (SSSR count). The third-order valence-electron chi connectivity index (χ3n) is 3.36. The highest BCUT2D eigenvalue weighted by Gasteiger charge is 2.13. The lowest BCUT2D eigenvalue weighted by Crippen LogP contribution is -2.34. The van der Waals surface area contributed by atoms with E-state index < -0.39 is 0 Å². The Balaban J connectivity index is 2.25. The zero-order chi connectivity index (χ0) is 18.1. The van der Waals surface area contributed by atoms with Crippen LogP contribution in [0.15, 0.2) is 72.9 Å². The molecule has 2 aromatic rings. The highest BCUT2D eigenvalue weighted by Crippen LogP contribution is 2.14. The number of carbonyl (C=O) groups is 2. The van der Waals surface area contributed by atoms with Crippen LogP contribution in [0.2, 0.25) is 0 Å². The predicted molar refractivity (Wildman–Crippen MR) is 98.1 cm³/mol. The zero-order valence-corrected chi connectivity index (χ0v) is 14.0. The zero-order valence-electron chi connectivity index (χ0n) is 14.0. The smallest absolute Gasteiger partial charge is 0.268 e. The van der Waals surface area contributed by atoms with Crippen molar-refractivity contribution in [1.29, 1.82) is 0 Å². The summed E-state index contributed by atoms with van der Waals surface area (Å²) in [5.41, 5.74) is 1.39. The summed E-state index contributed by atoms with van der Waals surface area (Å²) in [4.78, 5) is 24.7. The van der Waals surface area contributed by atoms with E-state index in [4.69, 9.17) is 4.74 Å². The van der Waals surface area contributed by atoms with Crippen molar-refractivity contribution in [1.82, 2.24) is 10.6 Å². The molecule has 0 heterocycles. The van der Waals surface area contributed by atoms with E-state index in [2.05, 4.69) is 17.2 Å². The Morgan fingerprint density at radius 3 is 2.36 bits per heavy atom. The van der Waals surface area contributed by atoms with Crippen LogP contribution in [-0.4, -0.2) is 25.5 Å². The van der Waals surface area contributed by atoms with Gasteiger partial charge in [-0.1, -0.05) is 36.4 Å². The molecule has 0 aromatic heterocycles. The minimum absolute atomic E-state index is 0.154. The second kappa shape index (κ2) is 9.08. The summed E-state index contributed by atoms with van der Waals surface area (Å²) in [6.07, 6.45) is 3.18. The van der Waals surface area contributed by atoms with Crippen molar-refractivity contribution in [2.24, 2.45) is 0 Å². The van der Waals surface area contributed by atoms with Gasteiger partial charge in [0.05, 0.1) is 7.11 Å². The second-order valence-electron chi connectivity index (χ2n) is 5.15. The Bertz CT molecular complexity index is 765. The number of carbonyl (C=O) groups excluding carboxylic acids is 2. The fourth-order valence-corrected chi connectivity index (χ4v) is 2.07. The molecule has 0 radical (unpaired) electrons. The van der Waals surface area contributed by atoms with Crippen LogP contribution in [0.1, 0.15) is 15.9 Å². The van der Waals surface area contributed by atoms with Crippen molar-refractivity contribution < 1.29 is 14.3 Å². The Labute approximate surface area is 147 Å². The number of rotatable bonds is 7. The number of benzene rings is 2. The standard InChI is InChI=1S/C20H20N2O3/c1-3-13-21-20(24)18(14-15-9-11-17(25-2)12-10-15)22-19(23)16-7-5-4-6-8-16/h3-12,14H,1,13H2,2H3,(H,21,24)(H,22,23). The third-order valence-corrected chi connectivity index (χ3v) is 3.36. The van der Waals surface area contributed by atoms with Crippen molar-refractivity contribution in [3.63, 3.8) is 0 Å². The fourth-order valence-electron chi connectivity index (χ4n) is 2.07. The van der Waals surface area contributed by atoms with E-state index in [9.17, 15) is 9.59 Å². The fraction of sp³-hybridized carbons (Fsp3) is 0.100. The maximum Gasteiger partial charge on any atom is 0.268 e. The first-order chi connectivity index (χ1) is 12.1. The number of hydrogen-bond acceptors (Lipinski definition) is 3. The first-order valence-corrected chi connectivity index (χ1v) is 7.75. The van der Waals surface area contributed by atoms with E-state index in [1.807, 2.05) is 6.07 Å². The number of nitrogens with one attached hydrogen (secondary N) is 2. The van der Waals surface area contributed by atoms with Crippen LogP contribution >= 0.6 is 0 Å². The molecule has 5 nitrogen and oxygen atoms in total. The van der Waals surface area contributed by atoms with Gasteiger partial charge in [-0.05, 0) is 35.9 Å². The first kappa shape index (κ1) is 18.0. The van der Waals surface area contributed by atoms with Crippen molar-refractivity contribution >= 4 is 17.9 Å². The summed E-state index contributed by atoms with van der Waals surface area (Å²) in [7, 11) is 1.58. The van der Waals surface area contributed by atoms with Crippen LogP contribution in [0, 0.1) is 0 Å². The molecule has 0 atom stereocenters. The van der Waals surface area contributed by atoms with Gasteiger partial charge in [-0.15, -0.1) is 6.58 Å².